The summed E-state index contributed by atoms with van der Waals surface area (Å²) in [5.41, 5.74) is 0.977. The van der Waals surface area contributed by atoms with Gasteiger partial charge in [-0.3, -0.25) is 4.79 Å². The van der Waals surface area contributed by atoms with Crippen molar-refractivity contribution in [2.75, 3.05) is 33.3 Å². The SMILES string of the molecule is COc1ccccc1CC(=O)N1C[C@H]2CNC[C@H]2C1.Cl. The number of ether oxygens (including phenoxy) is 1. The van der Waals surface area contributed by atoms with E-state index in [4.69, 9.17) is 4.74 Å². The number of halogens is 1. The maximum Gasteiger partial charge on any atom is 0.227 e. The van der Waals surface area contributed by atoms with E-state index in [-0.39, 0.29) is 18.3 Å². The van der Waals surface area contributed by atoms with Gasteiger partial charge in [0.1, 0.15) is 5.75 Å². The van der Waals surface area contributed by atoms with Crippen LogP contribution in [0.3, 0.4) is 0 Å². The molecule has 1 N–H and O–H groups in total. The van der Waals surface area contributed by atoms with E-state index in [1.54, 1.807) is 7.11 Å². The van der Waals surface area contributed by atoms with E-state index in [9.17, 15) is 4.79 Å². The normalized spacial score (nSPS) is 24.1. The zero-order valence-electron chi connectivity index (χ0n) is 11.7. The Hall–Kier alpha value is -1.26. The van der Waals surface area contributed by atoms with Crippen LogP contribution in [0.4, 0.5) is 0 Å². The van der Waals surface area contributed by atoms with Crippen molar-refractivity contribution in [3.63, 3.8) is 0 Å². The van der Waals surface area contributed by atoms with Gasteiger partial charge in [-0.1, -0.05) is 18.2 Å². The number of nitrogens with one attached hydrogen (secondary N) is 1. The fourth-order valence-corrected chi connectivity index (χ4v) is 3.18. The second kappa shape index (κ2) is 6.46. The molecular formula is C15H21ClN2O2. The van der Waals surface area contributed by atoms with E-state index in [0.29, 0.717) is 18.3 Å². The molecule has 0 unspecified atom stereocenters. The van der Waals surface area contributed by atoms with Crippen LogP contribution in [0.15, 0.2) is 24.3 Å². The summed E-state index contributed by atoms with van der Waals surface area (Å²) in [6, 6.07) is 7.76. The van der Waals surface area contributed by atoms with Crippen LogP contribution < -0.4 is 10.1 Å². The standard InChI is InChI=1S/C15H20N2O2.ClH/c1-19-14-5-3-2-4-11(14)6-15(18)17-9-12-7-16-8-13(12)10-17;/h2-5,12-13,16H,6-10H2,1H3;1H/t12-,13+;. The van der Waals surface area contributed by atoms with Crippen LogP contribution in [0, 0.1) is 11.8 Å². The zero-order valence-corrected chi connectivity index (χ0v) is 12.5. The van der Waals surface area contributed by atoms with Gasteiger partial charge in [0.2, 0.25) is 5.91 Å². The molecule has 20 heavy (non-hydrogen) atoms. The van der Waals surface area contributed by atoms with Crippen molar-refractivity contribution < 1.29 is 9.53 Å². The van der Waals surface area contributed by atoms with Crippen LogP contribution in [0.2, 0.25) is 0 Å². The number of nitrogens with zero attached hydrogens (tertiary/aromatic N) is 1. The average molecular weight is 297 g/mol. The van der Waals surface area contributed by atoms with Gasteiger partial charge >= 0.3 is 0 Å². The van der Waals surface area contributed by atoms with Crippen molar-refractivity contribution >= 4 is 18.3 Å². The van der Waals surface area contributed by atoms with Gasteiger partial charge in [-0.05, 0) is 17.9 Å². The van der Waals surface area contributed by atoms with Crippen LogP contribution >= 0.6 is 12.4 Å². The fourth-order valence-electron chi connectivity index (χ4n) is 3.18. The van der Waals surface area contributed by atoms with Crippen molar-refractivity contribution in [1.82, 2.24) is 10.2 Å². The first-order valence-corrected chi connectivity index (χ1v) is 6.88. The van der Waals surface area contributed by atoms with E-state index < -0.39 is 0 Å². The Bertz CT molecular complexity index is 469. The van der Waals surface area contributed by atoms with Crippen LogP contribution in [0.1, 0.15) is 5.56 Å². The lowest BCUT2D eigenvalue weighted by atomic mass is 10.0. The maximum atomic E-state index is 12.4. The van der Waals surface area contributed by atoms with E-state index in [2.05, 4.69) is 5.32 Å². The minimum Gasteiger partial charge on any atom is -0.496 e. The number of hydrogen-bond acceptors (Lipinski definition) is 3. The second-order valence-electron chi connectivity index (χ2n) is 5.47. The quantitative estimate of drug-likeness (QED) is 0.915. The molecule has 110 valence electrons. The van der Waals surface area contributed by atoms with Gasteiger partial charge in [0.15, 0.2) is 0 Å². The summed E-state index contributed by atoms with van der Waals surface area (Å²) in [5.74, 6) is 2.33. The summed E-state index contributed by atoms with van der Waals surface area (Å²) in [4.78, 5) is 14.4. The molecule has 0 spiro atoms. The highest BCUT2D eigenvalue weighted by atomic mass is 35.5. The highest BCUT2D eigenvalue weighted by molar-refractivity contribution is 5.85. The molecule has 0 bridgehead atoms. The Labute approximate surface area is 125 Å². The largest absolute Gasteiger partial charge is 0.496 e. The predicted octanol–water partition coefficient (Wildman–Crippen LogP) is 1.34. The molecule has 2 aliphatic heterocycles. The molecule has 0 aliphatic carbocycles. The third kappa shape index (κ3) is 2.91. The molecule has 2 fully saturated rings. The Balaban J connectivity index is 0.00000147. The third-order valence-corrected chi connectivity index (χ3v) is 4.28. The summed E-state index contributed by atoms with van der Waals surface area (Å²) in [6.07, 6.45) is 0.441. The number of para-hydroxylation sites is 1. The number of methoxy groups -OCH3 is 1. The minimum absolute atomic E-state index is 0. The average Bonchev–Trinajstić information content (AvgIpc) is 3.00. The van der Waals surface area contributed by atoms with Crippen molar-refractivity contribution in [2.24, 2.45) is 11.8 Å². The summed E-state index contributed by atoms with van der Waals surface area (Å²) in [5, 5.41) is 3.39. The third-order valence-electron chi connectivity index (χ3n) is 4.28. The minimum atomic E-state index is 0. The monoisotopic (exact) mass is 296 g/mol. The number of benzene rings is 1. The van der Waals surface area contributed by atoms with Gasteiger partial charge in [-0.2, -0.15) is 0 Å². The van der Waals surface area contributed by atoms with Gasteiger partial charge in [-0.15, -0.1) is 12.4 Å². The number of carbonyl (C=O) groups is 1. The van der Waals surface area contributed by atoms with Crippen LogP contribution in [-0.4, -0.2) is 44.1 Å². The van der Waals surface area contributed by atoms with Gasteiger partial charge < -0.3 is 15.0 Å². The molecule has 0 saturated carbocycles. The Morgan fingerprint density at radius 1 is 1.30 bits per heavy atom. The molecule has 2 heterocycles. The van der Waals surface area contributed by atoms with E-state index in [1.807, 2.05) is 29.2 Å². The Morgan fingerprint density at radius 2 is 1.95 bits per heavy atom. The summed E-state index contributed by atoms with van der Waals surface area (Å²) >= 11 is 0. The molecule has 3 rings (SSSR count). The molecule has 1 aromatic carbocycles. The highest BCUT2D eigenvalue weighted by Gasteiger charge is 2.37. The number of likely N-dealkylation sites (tertiary alicyclic amines) is 1. The van der Waals surface area contributed by atoms with Gasteiger partial charge in [-0.25, -0.2) is 0 Å². The number of rotatable bonds is 3. The number of amides is 1. The van der Waals surface area contributed by atoms with Gasteiger partial charge in [0.25, 0.3) is 0 Å². The van der Waals surface area contributed by atoms with Crippen molar-refractivity contribution in [2.45, 2.75) is 6.42 Å². The molecule has 1 amide bonds. The van der Waals surface area contributed by atoms with Crippen molar-refractivity contribution in [1.29, 1.82) is 0 Å². The summed E-state index contributed by atoms with van der Waals surface area (Å²) < 4.78 is 5.30. The molecule has 0 radical (unpaired) electrons. The lowest BCUT2D eigenvalue weighted by Gasteiger charge is -2.18. The van der Waals surface area contributed by atoms with Crippen LogP contribution in [0.25, 0.3) is 0 Å². The first kappa shape index (κ1) is 15.1. The highest BCUT2D eigenvalue weighted by Crippen LogP contribution is 2.27. The maximum absolute atomic E-state index is 12.4. The number of carbonyl (C=O) groups excluding carboxylic acids is 1. The summed E-state index contributed by atoms with van der Waals surface area (Å²) in [7, 11) is 1.65. The van der Waals surface area contributed by atoms with Crippen LogP contribution in [-0.2, 0) is 11.2 Å². The van der Waals surface area contributed by atoms with E-state index in [0.717, 1.165) is 37.5 Å². The summed E-state index contributed by atoms with van der Waals surface area (Å²) in [6.45, 7) is 3.93. The molecule has 4 nitrogen and oxygen atoms in total. The smallest absolute Gasteiger partial charge is 0.227 e. The lowest BCUT2D eigenvalue weighted by Crippen LogP contribution is -2.33. The van der Waals surface area contributed by atoms with Crippen LogP contribution in [0.5, 0.6) is 5.75 Å². The first-order chi connectivity index (χ1) is 9.28. The molecule has 1 aromatic rings. The number of fused-ring (bicyclic) bond motifs is 1. The van der Waals surface area contributed by atoms with E-state index in [1.165, 1.54) is 0 Å². The Morgan fingerprint density at radius 3 is 2.60 bits per heavy atom. The predicted molar refractivity (Wildman–Crippen MR) is 80.4 cm³/mol. The topological polar surface area (TPSA) is 41.6 Å². The molecular weight excluding hydrogens is 276 g/mol. The molecule has 5 heteroatoms. The fraction of sp³-hybridized carbons (Fsp3) is 0.533. The lowest BCUT2D eigenvalue weighted by molar-refractivity contribution is -0.129. The van der Waals surface area contributed by atoms with Gasteiger partial charge in [0, 0.05) is 31.7 Å². The number of hydrogen-bond donors (Lipinski definition) is 1. The van der Waals surface area contributed by atoms with Gasteiger partial charge in [0.05, 0.1) is 13.5 Å². The molecule has 2 aliphatic rings. The van der Waals surface area contributed by atoms with Crippen molar-refractivity contribution in [3.8, 4) is 5.75 Å². The zero-order chi connectivity index (χ0) is 13.2. The first-order valence-electron chi connectivity index (χ1n) is 6.88. The molecule has 0 aromatic heterocycles. The second-order valence-corrected chi connectivity index (χ2v) is 5.47. The molecule has 2 saturated heterocycles. The Kier molecular flexibility index (Phi) is 4.89. The van der Waals surface area contributed by atoms with E-state index >= 15 is 0 Å². The van der Waals surface area contributed by atoms with Crippen molar-refractivity contribution in [3.05, 3.63) is 29.8 Å². The molecule has 2 atom stereocenters.